The summed E-state index contributed by atoms with van der Waals surface area (Å²) in [4.78, 5) is 5.92. The zero-order valence-electron chi connectivity index (χ0n) is 14.4. The average Bonchev–Trinajstić information content (AvgIpc) is 2.59. The smallest absolute Gasteiger partial charge is 0.417 e. The van der Waals surface area contributed by atoms with E-state index in [1.165, 1.54) is 31.5 Å². The van der Waals surface area contributed by atoms with Gasteiger partial charge in [-0.15, -0.1) is 0 Å². The second-order valence-corrected chi connectivity index (χ2v) is 5.97. The van der Waals surface area contributed by atoms with Crippen molar-refractivity contribution in [2.75, 3.05) is 26.1 Å². The number of methoxy groups -OCH3 is 1. The second kappa shape index (κ2) is 6.48. The van der Waals surface area contributed by atoms with E-state index in [0.29, 0.717) is 16.8 Å². The predicted molar refractivity (Wildman–Crippen MR) is 93.0 cm³/mol. The first kappa shape index (κ1) is 18.0. The molecule has 0 aliphatic rings. The van der Waals surface area contributed by atoms with Gasteiger partial charge in [-0.25, -0.2) is 9.37 Å². The molecule has 1 heterocycles. The van der Waals surface area contributed by atoms with Gasteiger partial charge < -0.3 is 9.64 Å². The zero-order chi connectivity index (χ0) is 19.1. The molecule has 0 atom stereocenters. The van der Waals surface area contributed by atoms with Crippen molar-refractivity contribution < 1.29 is 22.3 Å². The van der Waals surface area contributed by atoms with Gasteiger partial charge in [0, 0.05) is 36.6 Å². The average molecular weight is 364 g/mol. The lowest BCUT2D eigenvalue weighted by Crippen LogP contribution is -2.13. The summed E-state index contributed by atoms with van der Waals surface area (Å²) in [5.41, 5.74) is -0.283. The van der Waals surface area contributed by atoms with E-state index in [4.69, 9.17) is 4.74 Å². The monoisotopic (exact) mass is 364 g/mol. The van der Waals surface area contributed by atoms with Crippen molar-refractivity contribution in [2.24, 2.45) is 0 Å². The maximum atomic E-state index is 14.1. The summed E-state index contributed by atoms with van der Waals surface area (Å²) in [6.45, 7) is 0. The fourth-order valence-electron chi connectivity index (χ4n) is 2.93. The highest BCUT2D eigenvalue weighted by atomic mass is 19.4. The van der Waals surface area contributed by atoms with Gasteiger partial charge in [0.1, 0.15) is 5.82 Å². The number of nitrogens with zero attached hydrogens (tertiary/aromatic N) is 2. The third-order valence-corrected chi connectivity index (χ3v) is 4.08. The molecule has 3 aromatic rings. The van der Waals surface area contributed by atoms with Crippen molar-refractivity contribution in [3.63, 3.8) is 0 Å². The van der Waals surface area contributed by atoms with Gasteiger partial charge in [-0.05, 0) is 23.8 Å². The third-order valence-electron chi connectivity index (χ3n) is 4.08. The lowest BCUT2D eigenvalue weighted by molar-refractivity contribution is -0.136. The van der Waals surface area contributed by atoms with E-state index in [1.807, 2.05) is 0 Å². The Hall–Kier alpha value is -2.83. The largest absolute Gasteiger partial charge is 0.494 e. The molecule has 2 aromatic carbocycles. The minimum absolute atomic E-state index is 0.0109. The number of alkyl halides is 3. The number of fused-ring (bicyclic) bond motifs is 1. The summed E-state index contributed by atoms with van der Waals surface area (Å²) in [6, 6.07) is 7.99. The van der Waals surface area contributed by atoms with Crippen LogP contribution in [0.1, 0.15) is 5.56 Å². The first-order valence-corrected chi connectivity index (χ1v) is 7.74. The van der Waals surface area contributed by atoms with Crippen LogP contribution in [0.15, 0.2) is 42.6 Å². The van der Waals surface area contributed by atoms with Crippen LogP contribution in [0.4, 0.5) is 23.4 Å². The Morgan fingerprint density at radius 3 is 2.38 bits per heavy atom. The number of benzene rings is 2. The molecule has 0 amide bonds. The molecule has 3 rings (SSSR count). The second-order valence-electron chi connectivity index (χ2n) is 5.97. The Bertz CT molecular complexity index is 968. The van der Waals surface area contributed by atoms with Crippen LogP contribution >= 0.6 is 0 Å². The Morgan fingerprint density at radius 1 is 1.08 bits per heavy atom. The fourth-order valence-corrected chi connectivity index (χ4v) is 2.93. The van der Waals surface area contributed by atoms with Crippen LogP contribution in [0.2, 0.25) is 0 Å². The lowest BCUT2D eigenvalue weighted by atomic mass is 9.95. The van der Waals surface area contributed by atoms with Gasteiger partial charge >= 0.3 is 6.18 Å². The number of anilines is 1. The highest BCUT2D eigenvalue weighted by molar-refractivity contribution is 6.04. The number of rotatable bonds is 3. The van der Waals surface area contributed by atoms with E-state index in [0.717, 1.165) is 12.1 Å². The molecule has 0 saturated heterocycles. The highest BCUT2D eigenvalue weighted by Gasteiger charge is 2.34. The molecule has 0 fully saturated rings. The van der Waals surface area contributed by atoms with Crippen molar-refractivity contribution in [1.82, 2.24) is 4.98 Å². The normalized spacial score (nSPS) is 11.7. The van der Waals surface area contributed by atoms with Gasteiger partial charge in [0.25, 0.3) is 0 Å². The molecule has 3 nitrogen and oxygen atoms in total. The van der Waals surface area contributed by atoms with E-state index in [-0.39, 0.29) is 16.7 Å². The Kier molecular flexibility index (Phi) is 4.48. The molecule has 0 bridgehead atoms. The molecule has 0 spiro atoms. The van der Waals surface area contributed by atoms with Gasteiger partial charge in [0.05, 0.1) is 12.7 Å². The number of pyridine rings is 1. The summed E-state index contributed by atoms with van der Waals surface area (Å²) in [6.07, 6.45) is -3.21. The van der Waals surface area contributed by atoms with E-state index in [9.17, 15) is 17.6 Å². The molecule has 7 heteroatoms. The summed E-state index contributed by atoms with van der Waals surface area (Å²) in [7, 11) is 4.73. The summed E-state index contributed by atoms with van der Waals surface area (Å²) < 4.78 is 59.8. The molecule has 0 radical (unpaired) electrons. The van der Waals surface area contributed by atoms with Crippen molar-refractivity contribution in [3.8, 4) is 16.9 Å². The van der Waals surface area contributed by atoms with E-state index in [2.05, 4.69) is 4.98 Å². The SMILES string of the molecule is COc1ccc(-c2cnc(N(C)C)c3cccc(C(F)(F)F)c23)cc1F. The molecular formula is C19H16F4N2O. The molecule has 0 aliphatic carbocycles. The maximum Gasteiger partial charge on any atom is 0.417 e. The molecule has 1 aromatic heterocycles. The third kappa shape index (κ3) is 3.05. The minimum atomic E-state index is -4.55. The number of hydrogen-bond acceptors (Lipinski definition) is 3. The van der Waals surface area contributed by atoms with Crippen LogP contribution in [0.25, 0.3) is 21.9 Å². The molecule has 0 saturated carbocycles. The zero-order valence-corrected chi connectivity index (χ0v) is 14.4. The van der Waals surface area contributed by atoms with Crippen molar-refractivity contribution in [1.29, 1.82) is 0 Å². The standard InChI is InChI=1S/C19H16F4N2O/c1-25(2)18-12-5-4-6-14(19(21,22)23)17(12)13(10-24-18)11-7-8-16(26-3)15(20)9-11/h4-10H,1-3H3. The van der Waals surface area contributed by atoms with Gasteiger partial charge in [0.2, 0.25) is 0 Å². The van der Waals surface area contributed by atoms with Gasteiger partial charge in [-0.2, -0.15) is 13.2 Å². The van der Waals surface area contributed by atoms with Crippen LogP contribution < -0.4 is 9.64 Å². The molecule has 0 N–H and O–H groups in total. The summed E-state index contributed by atoms with van der Waals surface area (Å²) in [5.74, 6) is -0.227. The minimum Gasteiger partial charge on any atom is -0.494 e. The maximum absolute atomic E-state index is 14.1. The first-order valence-electron chi connectivity index (χ1n) is 7.74. The van der Waals surface area contributed by atoms with Crippen LogP contribution in [-0.4, -0.2) is 26.2 Å². The Labute approximate surface area is 147 Å². The van der Waals surface area contributed by atoms with Crippen LogP contribution in [0, 0.1) is 5.82 Å². The highest BCUT2D eigenvalue weighted by Crippen LogP contribution is 2.42. The van der Waals surface area contributed by atoms with Crippen LogP contribution in [0.3, 0.4) is 0 Å². The molecule has 0 aliphatic heterocycles. The summed E-state index contributed by atoms with van der Waals surface area (Å²) in [5, 5.41) is 0.335. The molecular weight excluding hydrogens is 348 g/mol. The fraction of sp³-hybridized carbons (Fsp3) is 0.211. The van der Waals surface area contributed by atoms with Gasteiger partial charge in [-0.1, -0.05) is 18.2 Å². The number of halogens is 4. The molecule has 26 heavy (non-hydrogen) atoms. The lowest BCUT2D eigenvalue weighted by Gasteiger charge is -2.19. The van der Waals surface area contributed by atoms with Gasteiger partial charge in [-0.3, -0.25) is 0 Å². The number of ether oxygens (including phenoxy) is 1. The summed E-state index contributed by atoms with van der Waals surface area (Å²) >= 11 is 0. The Morgan fingerprint density at radius 2 is 1.81 bits per heavy atom. The van der Waals surface area contributed by atoms with E-state index >= 15 is 0 Å². The Balaban J connectivity index is 2.39. The van der Waals surface area contributed by atoms with E-state index < -0.39 is 17.6 Å². The first-order chi connectivity index (χ1) is 12.2. The van der Waals surface area contributed by atoms with Crippen molar-refractivity contribution in [3.05, 3.63) is 54.0 Å². The molecule has 0 unspecified atom stereocenters. The quantitative estimate of drug-likeness (QED) is 0.602. The predicted octanol–water partition coefficient (Wildman–Crippen LogP) is 5.13. The van der Waals surface area contributed by atoms with Gasteiger partial charge in [0.15, 0.2) is 11.6 Å². The van der Waals surface area contributed by atoms with Crippen LogP contribution in [0.5, 0.6) is 5.75 Å². The number of hydrogen-bond donors (Lipinski definition) is 0. The molecule has 136 valence electrons. The van der Waals surface area contributed by atoms with Crippen molar-refractivity contribution >= 4 is 16.6 Å². The number of aromatic nitrogens is 1. The van der Waals surface area contributed by atoms with Crippen LogP contribution in [-0.2, 0) is 6.18 Å². The van der Waals surface area contributed by atoms with Crippen molar-refractivity contribution in [2.45, 2.75) is 6.18 Å². The van der Waals surface area contributed by atoms with E-state index in [1.54, 1.807) is 25.1 Å². The topological polar surface area (TPSA) is 25.4 Å².